The second kappa shape index (κ2) is 10.2. The van der Waals surface area contributed by atoms with Crippen LogP contribution in [0.2, 0.25) is 0 Å². The summed E-state index contributed by atoms with van der Waals surface area (Å²) in [5.74, 6) is 4.36. The minimum Gasteiger partial charge on any atom is -0.496 e. The molecule has 9 nitrogen and oxygen atoms in total. The summed E-state index contributed by atoms with van der Waals surface area (Å²) in [6, 6.07) is 16.3. The number of rotatable bonds is 8. The van der Waals surface area contributed by atoms with Gasteiger partial charge in [-0.15, -0.1) is 0 Å². The molecule has 0 aliphatic carbocycles. The molecule has 1 aromatic heterocycles. The Morgan fingerprint density at radius 3 is 2.65 bits per heavy atom. The Morgan fingerprint density at radius 1 is 1.11 bits per heavy atom. The fourth-order valence-corrected chi connectivity index (χ4v) is 5.19. The number of nitrogens with one attached hydrogen (secondary N) is 2. The van der Waals surface area contributed by atoms with E-state index in [4.69, 9.17) is 14.2 Å². The fourth-order valence-electron chi connectivity index (χ4n) is 3.98. The first kappa shape index (κ1) is 24.8. The van der Waals surface area contributed by atoms with Crippen LogP contribution in [0, 0.1) is 5.82 Å². The third-order valence-corrected chi connectivity index (χ3v) is 7.40. The molecule has 0 radical (unpaired) electrons. The van der Waals surface area contributed by atoms with E-state index in [1.165, 1.54) is 31.6 Å². The largest absolute Gasteiger partial charge is 0.496 e. The second-order valence-electron chi connectivity index (χ2n) is 8.41. The molecule has 2 heterocycles. The molecule has 0 bridgehead atoms. The molecule has 4 aromatic rings. The standard InChI is InChI=1S/C26H25FN4O5S/c1-34-23-12-17(31-37(2,33)18-6-4-3-5-7-18)11-20-25(23)26(29-15-28-20)30-19-9-8-16(27)10-22(19)36-24-14-35-13-21(24)32/h3-12,15,21,24,32H,2,13-14H2,1H3,(H,31,33)(H,28,29,30). The summed E-state index contributed by atoms with van der Waals surface area (Å²) < 4.78 is 47.0. The number of nitrogens with zero attached hydrogens (tertiary/aromatic N) is 2. The van der Waals surface area contributed by atoms with Gasteiger partial charge >= 0.3 is 0 Å². The Hall–Kier alpha value is -3.93. The SMILES string of the molecule is C=S(=O)(Nc1cc(OC)c2c(Nc3ccc(F)cc3OC3COCC3O)ncnc2c1)c1ccccc1. The van der Waals surface area contributed by atoms with E-state index >= 15 is 0 Å². The molecular weight excluding hydrogens is 499 g/mol. The van der Waals surface area contributed by atoms with Crippen molar-refractivity contribution < 1.29 is 27.9 Å². The molecular formula is C26H25FN4O5S. The van der Waals surface area contributed by atoms with Crippen molar-refractivity contribution in [1.29, 1.82) is 0 Å². The van der Waals surface area contributed by atoms with Gasteiger partial charge in [0.1, 0.15) is 35.6 Å². The number of benzene rings is 3. The van der Waals surface area contributed by atoms with Crippen LogP contribution in [0.25, 0.3) is 10.9 Å². The van der Waals surface area contributed by atoms with Crippen molar-refractivity contribution in [1.82, 2.24) is 9.97 Å². The summed E-state index contributed by atoms with van der Waals surface area (Å²) in [6.07, 6.45) is -0.0819. The van der Waals surface area contributed by atoms with Gasteiger partial charge in [0.2, 0.25) is 0 Å². The van der Waals surface area contributed by atoms with Crippen molar-refractivity contribution >= 4 is 43.7 Å². The number of anilines is 3. The van der Waals surface area contributed by atoms with Crippen LogP contribution >= 0.6 is 0 Å². The van der Waals surface area contributed by atoms with Gasteiger partial charge in [0.25, 0.3) is 0 Å². The van der Waals surface area contributed by atoms with Gasteiger partial charge < -0.3 is 29.4 Å². The summed E-state index contributed by atoms with van der Waals surface area (Å²) >= 11 is 0. The van der Waals surface area contributed by atoms with Crippen LogP contribution in [-0.4, -0.2) is 57.7 Å². The third kappa shape index (κ3) is 5.29. The highest BCUT2D eigenvalue weighted by atomic mass is 32.2. The van der Waals surface area contributed by atoms with Gasteiger partial charge in [-0.05, 0) is 36.2 Å². The maximum atomic E-state index is 14.0. The van der Waals surface area contributed by atoms with Crippen molar-refractivity contribution in [2.24, 2.45) is 0 Å². The molecule has 11 heteroatoms. The summed E-state index contributed by atoms with van der Waals surface area (Å²) in [4.78, 5) is 9.27. The van der Waals surface area contributed by atoms with Crippen LogP contribution in [0.15, 0.2) is 71.9 Å². The average Bonchev–Trinajstić information content (AvgIpc) is 3.29. The normalized spacial score (nSPS) is 18.8. The smallest absolute Gasteiger partial charge is 0.150 e. The van der Waals surface area contributed by atoms with Crippen LogP contribution in [0.3, 0.4) is 0 Å². The molecule has 3 atom stereocenters. The van der Waals surface area contributed by atoms with Crippen molar-refractivity contribution in [2.75, 3.05) is 30.4 Å². The molecule has 1 aliphatic rings. The number of fused-ring (bicyclic) bond motifs is 1. The van der Waals surface area contributed by atoms with E-state index in [0.717, 1.165) is 0 Å². The summed E-state index contributed by atoms with van der Waals surface area (Å²) in [5, 5.41) is 13.8. The van der Waals surface area contributed by atoms with Crippen LogP contribution in [0.4, 0.5) is 21.6 Å². The maximum Gasteiger partial charge on any atom is 0.150 e. The average molecular weight is 525 g/mol. The van der Waals surface area contributed by atoms with E-state index < -0.39 is 27.7 Å². The van der Waals surface area contributed by atoms with E-state index in [9.17, 15) is 13.7 Å². The van der Waals surface area contributed by atoms with E-state index in [0.29, 0.717) is 38.7 Å². The van der Waals surface area contributed by atoms with Crippen molar-refractivity contribution in [3.63, 3.8) is 0 Å². The van der Waals surface area contributed by atoms with Gasteiger partial charge in [-0.25, -0.2) is 18.6 Å². The highest BCUT2D eigenvalue weighted by Gasteiger charge is 2.29. The zero-order valence-corrected chi connectivity index (χ0v) is 20.7. The lowest BCUT2D eigenvalue weighted by molar-refractivity contribution is 0.0736. The summed E-state index contributed by atoms with van der Waals surface area (Å²) in [6.45, 7) is 0.340. The van der Waals surface area contributed by atoms with Gasteiger partial charge in [0.05, 0.1) is 52.3 Å². The number of hydrogen-bond donors (Lipinski definition) is 3. The Labute approximate surface area is 213 Å². The number of methoxy groups -OCH3 is 1. The highest BCUT2D eigenvalue weighted by molar-refractivity contribution is 8.01. The van der Waals surface area contributed by atoms with Gasteiger partial charge in [-0.3, -0.25) is 0 Å². The molecule has 192 valence electrons. The molecule has 3 aromatic carbocycles. The highest BCUT2D eigenvalue weighted by Crippen LogP contribution is 2.37. The van der Waals surface area contributed by atoms with E-state index in [1.807, 2.05) is 6.07 Å². The van der Waals surface area contributed by atoms with E-state index in [1.54, 1.807) is 36.4 Å². The fraction of sp³-hybridized carbons (Fsp3) is 0.192. The van der Waals surface area contributed by atoms with Crippen LogP contribution in [0.5, 0.6) is 11.5 Å². The molecule has 5 rings (SSSR count). The van der Waals surface area contributed by atoms with Crippen LogP contribution < -0.4 is 19.5 Å². The van der Waals surface area contributed by atoms with Gasteiger partial charge in [-0.1, -0.05) is 18.2 Å². The second-order valence-corrected chi connectivity index (χ2v) is 10.4. The van der Waals surface area contributed by atoms with Crippen molar-refractivity contribution in [3.8, 4) is 11.5 Å². The number of ether oxygens (including phenoxy) is 3. The Morgan fingerprint density at radius 2 is 1.92 bits per heavy atom. The van der Waals surface area contributed by atoms with Crippen LogP contribution in [-0.2, 0) is 14.4 Å². The van der Waals surface area contributed by atoms with E-state index in [-0.39, 0.29) is 19.0 Å². The molecule has 37 heavy (non-hydrogen) atoms. The molecule has 1 fully saturated rings. The minimum absolute atomic E-state index is 0.150. The molecule has 0 spiro atoms. The first-order chi connectivity index (χ1) is 17.8. The first-order valence-electron chi connectivity index (χ1n) is 11.4. The molecule has 0 amide bonds. The minimum atomic E-state index is -2.84. The first-order valence-corrected chi connectivity index (χ1v) is 13.1. The van der Waals surface area contributed by atoms with Crippen molar-refractivity contribution in [2.45, 2.75) is 17.1 Å². The van der Waals surface area contributed by atoms with Crippen LogP contribution in [0.1, 0.15) is 0 Å². The lowest BCUT2D eigenvalue weighted by atomic mass is 10.2. The predicted molar refractivity (Wildman–Crippen MR) is 141 cm³/mol. The molecule has 1 aliphatic heterocycles. The van der Waals surface area contributed by atoms with Gasteiger partial charge in [0.15, 0.2) is 6.10 Å². The van der Waals surface area contributed by atoms with Gasteiger partial charge in [-0.2, -0.15) is 0 Å². The number of aliphatic hydroxyl groups excluding tert-OH is 1. The number of aromatic nitrogens is 2. The maximum absolute atomic E-state index is 14.0. The zero-order valence-electron chi connectivity index (χ0n) is 19.9. The summed E-state index contributed by atoms with van der Waals surface area (Å²) in [5.41, 5.74) is 1.43. The number of aliphatic hydroxyl groups is 1. The Balaban J connectivity index is 1.50. The van der Waals surface area contributed by atoms with Crippen molar-refractivity contribution in [3.05, 3.63) is 72.8 Å². The molecule has 1 saturated heterocycles. The van der Waals surface area contributed by atoms with E-state index in [2.05, 4.69) is 25.9 Å². The third-order valence-electron chi connectivity index (χ3n) is 5.80. The topological polar surface area (TPSA) is 115 Å². The Kier molecular flexibility index (Phi) is 6.83. The predicted octanol–water partition coefficient (Wildman–Crippen LogP) is 3.76. The zero-order chi connectivity index (χ0) is 26.0. The lowest BCUT2D eigenvalue weighted by Gasteiger charge is -2.20. The molecule has 0 saturated carbocycles. The quantitative estimate of drug-likeness (QED) is 0.299. The Bertz CT molecular complexity index is 1540. The summed E-state index contributed by atoms with van der Waals surface area (Å²) in [7, 11) is -1.34. The lowest BCUT2D eigenvalue weighted by Crippen LogP contribution is -2.30. The monoisotopic (exact) mass is 524 g/mol. The van der Waals surface area contributed by atoms with Gasteiger partial charge in [0, 0.05) is 17.0 Å². The molecule has 3 unspecified atom stereocenters. The number of hydrogen-bond acceptors (Lipinski definition) is 8. The molecule has 3 N–H and O–H groups in total. The number of halogens is 1.